The number of likely N-dealkylation sites (tertiary alicyclic amines) is 1. The predicted molar refractivity (Wildman–Crippen MR) is 99.7 cm³/mol. The summed E-state index contributed by atoms with van der Waals surface area (Å²) < 4.78 is 41.9. The molecule has 2 heterocycles. The number of hydrogen-bond donors (Lipinski definition) is 1. The van der Waals surface area contributed by atoms with Crippen molar-refractivity contribution in [3.63, 3.8) is 0 Å². The number of nitrogens with one attached hydrogen (secondary N) is 1. The molecule has 0 bridgehead atoms. The summed E-state index contributed by atoms with van der Waals surface area (Å²) in [5.74, 6) is -0.427. The minimum Gasteiger partial charge on any atom is -0.342 e. The van der Waals surface area contributed by atoms with Crippen LogP contribution in [0.2, 0.25) is 0 Å². The summed E-state index contributed by atoms with van der Waals surface area (Å²) in [7, 11) is -3.75. The van der Waals surface area contributed by atoms with Gasteiger partial charge >= 0.3 is 0 Å². The molecule has 1 saturated heterocycles. The molecule has 1 fully saturated rings. The maximum Gasteiger partial charge on any atom is 0.286 e. The van der Waals surface area contributed by atoms with Gasteiger partial charge in [-0.2, -0.15) is 8.42 Å². The summed E-state index contributed by atoms with van der Waals surface area (Å²) >= 11 is 0. The molecule has 1 amide bonds. The number of rotatable bonds is 2. The van der Waals surface area contributed by atoms with Gasteiger partial charge in [0.25, 0.3) is 15.9 Å². The van der Waals surface area contributed by atoms with Crippen molar-refractivity contribution in [1.82, 2.24) is 4.90 Å². The Kier molecular flexibility index (Phi) is 4.43. The Morgan fingerprint density at radius 2 is 1.89 bits per heavy atom. The van der Waals surface area contributed by atoms with Gasteiger partial charge < -0.3 is 10.2 Å². The Hall–Kier alpha value is -2.74. The van der Waals surface area contributed by atoms with Crippen molar-refractivity contribution in [2.45, 2.75) is 17.7 Å². The van der Waals surface area contributed by atoms with Crippen LogP contribution in [-0.2, 0) is 10.0 Å². The van der Waals surface area contributed by atoms with Crippen molar-refractivity contribution in [3.8, 4) is 0 Å². The first kappa shape index (κ1) is 17.7. The van der Waals surface area contributed by atoms with Gasteiger partial charge in [0, 0.05) is 24.6 Å². The van der Waals surface area contributed by atoms with Crippen LogP contribution in [0.15, 0.2) is 57.8 Å². The van der Waals surface area contributed by atoms with E-state index >= 15 is 0 Å². The van der Waals surface area contributed by atoms with Crippen LogP contribution in [0.5, 0.6) is 0 Å². The third-order valence-electron chi connectivity index (χ3n) is 4.83. The highest BCUT2D eigenvalue weighted by molar-refractivity contribution is 7.90. The monoisotopic (exact) mass is 387 g/mol. The zero-order valence-electron chi connectivity index (χ0n) is 14.4. The highest BCUT2D eigenvalue weighted by Crippen LogP contribution is 2.30. The summed E-state index contributed by atoms with van der Waals surface area (Å²) in [5.41, 5.74) is 0.915. The van der Waals surface area contributed by atoms with E-state index in [1.54, 1.807) is 23.1 Å². The van der Waals surface area contributed by atoms with Gasteiger partial charge in [-0.25, -0.2) is 4.39 Å². The molecule has 4 rings (SSSR count). The predicted octanol–water partition coefficient (Wildman–Crippen LogP) is 2.89. The molecule has 0 spiro atoms. The molecule has 2 aliphatic rings. The molecule has 27 heavy (non-hydrogen) atoms. The number of piperidine rings is 1. The summed E-state index contributed by atoms with van der Waals surface area (Å²) in [4.78, 5) is 14.5. The molecule has 0 saturated carbocycles. The van der Waals surface area contributed by atoms with Gasteiger partial charge in [-0.1, -0.05) is 12.1 Å². The fourth-order valence-corrected chi connectivity index (χ4v) is 4.67. The number of benzene rings is 2. The average molecular weight is 387 g/mol. The van der Waals surface area contributed by atoms with Gasteiger partial charge in [-0.15, -0.1) is 4.40 Å². The number of amidine groups is 1. The van der Waals surface area contributed by atoms with Crippen molar-refractivity contribution in [2.75, 3.05) is 18.4 Å². The maximum absolute atomic E-state index is 13.1. The molecule has 1 N–H and O–H groups in total. The lowest BCUT2D eigenvalue weighted by Crippen LogP contribution is -2.44. The smallest absolute Gasteiger partial charge is 0.286 e. The number of carbonyl (C=O) groups excluding carboxylic acids is 1. The Balaban J connectivity index is 1.56. The standard InChI is InChI=1S/C19H18FN3O3S/c20-15-9-7-13(8-10-15)19(24)23-11-3-4-14(12-23)18-21-16-5-1-2-6-17(16)27(25,26)22-18/h1-2,5-10,14H,3-4,11-12H2,(H,21,22). The minimum absolute atomic E-state index is 0.156. The van der Waals surface area contributed by atoms with Gasteiger partial charge in [0.15, 0.2) is 0 Å². The van der Waals surface area contributed by atoms with Crippen LogP contribution in [-0.4, -0.2) is 38.2 Å². The first-order valence-electron chi connectivity index (χ1n) is 8.70. The van der Waals surface area contributed by atoms with E-state index in [9.17, 15) is 17.6 Å². The molecule has 2 aromatic rings. The number of halogens is 1. The highest BCUT2D eigenvalue weighted by Gasteiger charge is 2.32. The molecule has 1 unspecified atom stereocenters. The second-order valence-corrected chi connectivity index (χ2v) is 8.24. The summed E-state index contributed by atoms with van der Waals surface area (Å²) in [6.07, 6.45) is 1.47. The number of carbonyl (C=O) groups is 1. The maximum atomic E-state index is 13.1. The quantitative estimate of drug-likeness (QED) is 0.859. The molecule has 0 radical (unpaired) electrons. The van der Waals surface area contributed by atoms with E-state index in [4.69, 9.17) is 0 Å². The van der Waals surface area contributed by atoms with E-state index in [1.165, 1.54) is 30.3 Å². The third kappa shape index (κ3) is 3.44. The number of para-hydroxylation sites is 1. The molecule has 8 heteroatoms. The lowest BCUT2D eigenvalue weighted by atomic mass is 9.96. The molecule has 2 aliphatic heterocycles. The molecule has 0 aliphatic carbocycles. The van der Waals surface area contributed by atoms with Crippen molar-refractivity contribution in [2.24, 2.45) is 10.3 Å². The molecular weight excluding hydrogens is 369 g/mol. The molecular formula is C19H18FN3O3S. The van der Waals surface area contributed by atoms with Crippen molar-refractivity contribution in [1.29, 1.82) is 0 Å². The van der Waals surface area contributed by atoms with E-state index in [2.05, 4.69) is 9.71 Å². The van der Waals surface area contributed by atoms with Gasteiger partial charge in [-0.3, -0.25) is 4.79 Å². The largest absolute Gasteiger partial charge is 0.342 e. The van der Waals surface area contributed by atoms with Gasteiger partial charge in [0.1, 0.15) is 16.5 Å². The Morgan fingerprint density at radius 3 is 2.67 bits per heavy atom. The van der Waals surface area contributed by atoms with Crippen LogP contribution in [0.25, 0.3) is 0 Å². The second-order valence-electron chi connectivity index (χ2n) is 6.67. The van der Waals surface area contributed by atoms with Gasteiger partial charge in [0.05, 0.1) is 5.69 Å². The van der Waals surface area contributed by atoms with Crippen LogP contribution in [0.3, 0.4) is 0 Å². The molecule has 0 aromatic heterocycles. The Bertz CT molecular complexity index is 1020. The molecule has 1 atom stereocenters. The number of sulfonamides is 1. The zero-order chi connectivity index (χ0) is 19.0. The van der Waals surface area contributed by atoms with Crippen LogP contribution in [0.1, 0.15) is 23.2 Å². The first-order chi connectivity index (χ1) is 12.9. The minimum atomic E-state index is -3.75. The van der Waals surface area contributed by atoms with E-state index < -0.39 is 15.8 Å². The summed E-state index contributed by atoms with van der Waals surface area (Å²) in [6.45, 7) is 0.934. The third-order valence-corrected chi connectivity index (χ3v) is 6.18. The van der Waals surface area contributed by atoms with Gasteiger partial charge in [-0.05, 0) is 49.2 Å². The van der Waals surface area contributed by atoms with E-state index in [1.807, 2.05) is 0 Å². The summed E-state index contributed by atoms with van der Waals surface area (Å²) in [6, 6.07) is 12.1. The SMILES string of the molecule is O=C(c1ccc(F)cc1)N1CCCC(C2=NS(=O)(=O)c3ccccc3N2)C1. The molecule has 2 aromatic carbocycles. The van der Waals surface area contributed by atoms with E-state index in [0.29, 0.717) is 30.2 Å². The van der Waals surface area contributed by atoms with Crippen LogP contribution < -0.4 is 5.32 Å². The van der Waals surface area contributed by atoms with Crippen LogP contribution >= 0.6 is 0 Å². The lowest BCUT2D eigenvalue weighted by Gasteiger charge is -2.34. The highest BCUT2D eigenvalue weighted by atomic mass is 32.2. The Labute approximate surface area is 156 Å². The van der Waals surface area contributed by atoms with E-state index in [-0.39, 0.29) is 16.7 Å². The number of amides is 1. The van der Waals surface area contributed by atoms with Crippen molar-refractivity contribution >= 4 is 27.5 Å². The first-order valence-corrected chi connectivity index (χ1v) is 10.1. The molecule has 6 nitrogen and oxygen atoms in total. The number of fused-ring (bicyclic) bond motifs is 1. The fourth-order valence-electron chi connectivity index (χ4n) is 3.47. The Morgan fingerprint density at radius 1 is 1.15 bits per heavy atom. The molecule has 140 valence electrons. The van der Waals surface area contributed by atoms with Crippen molar-refractivity contribution in [3.05, 3.63) is 59.9 Å². The van der Waals surface area contributed by atoms with Crippen LogP contribution in [0, 0.1) is 11.7 Å². The topological polar surface area (TPSA) is 78.8 Å². The summed E-state index contributed by atoms with van der Waals surface area (Å²) in [5, 5.41) is 3.11. The zero-order valence-corrected chi connectivity index (χ0v) is 15.2. The van der Waals surface area contributed by atoms with E-state index in [0.717, 1.165) is 12.8 Å². The fraction of sp³-hybridized carbons (Fsp3) is 0.263. The number of hydrogen-bond acceptors (Lipinski definition) is 4. The van der Waals surface area contributed by atoms with Crippen molar-refractivity contribution < 1.29 is 17.6 Å². The van der Waals surface area contributed by atoms with Crippen LogP contribution in [0.4, 0.5) is 10.1 Å². The lowest BCUT2D eigenvalue weighted by molar-refractivity contribution is 0.0703. The average Bonchev–Trinajstić information content (AvgIpc) is 2.68. The van der Waals surface area contributed by atoms with Gasteiger partial charge in [0.2, 0.25) is 0 Å². The number of anilines is 1. The normalized spacial score (nSPS) is 21.0. The number of nitrogens with zero attached hydrogens (tertiary/aromatic N) is 2. The second kappa shape index (κ2) is 6.77.